The van der Waals surface area contributed by atoms with Crippen molar-refractivity contribution in [3.63, 3.8) is 0 Å². The van der Waals surface area contributed by atoms with Gasteiger partial charge >= 0.3 is 5.97 Å². The summed E-state index contributed by atoms with van der Waals surface area (Å²) in [5.74, 6) is -2.01. The SMILES string of the molecule is C=CC1=C(C=C)C(N)C(C(=O)NC(Cc2ccc(NC(=O)CCCCN=C(N)N)cc2)C(=O)O)=N1. The quantitative estimate of drug-likeness (QED) is 0.134. The Hall–Kier alpha value is -4.25. The zero-order valence-corrected chi connectivity index (χ0v) is 19.4. The Bertz CT molecular complexity index is 1070. The number of aliphatic imine (C=N–C) groups is 2. The molecule has 1 heterocycles. The van der Waals surface area contributed by atoms with Gasteiger partial charge in [0.25, 0.3) is 5.91 Å². The molecular weight excluding hydrogens is 450 g/mol. The topological polar surface area (TPSA) is 198 Å². The lowest BCUT2D eigenvalue weighted by Crippen LogP contribution is -2.49. The average Bonchev–Trinajstić information content (AvgIpc) is 3.14. The van der Waals surface area contributed by atoms with E-state index in [-0.39, 0.29) is 24.0 Å². The van der Waals surface area contributed by atoms with Gasteiger partial charge in [0.2, 0.25) is 5.91 Å². The lowest BCUT2D eigenvalue weighted by atomic mass is 10.0. The number of carbonyl (C=O) groups is 3. The number of nitrogens with one attached hydrogen (secondary N) is 2. The summed E-state index contributed by atoms with van der Waals surface area (Å²) in [7, 11) is 0. The number of anilines is 1. The lowest BCUT2D eigenvalue weighted by molar-refractivity contribution is -0.141. The van der Waals surface area contributed by atoms with Crippen molar-refractivity contribution >= 4 is 35.1 Å². The van der Waals surface area contributed by atoms with E-state index < -0.39 is 24.0 Å². The molecule has 0 fully saturated rings. The molecule has 1 aliphatic heterocycles. The van der Waals surface area contributed by atoms with E-state index in [0.717, 1.165) is 0 Å². The van der Waals surface area contributed by atoms with Crippen LogP contribution in [0.3, 0.4) is 0 Å². The van der Waals surface area contributed by atoms with Gasteiger partial charge in [-0.1, -0.05) is 31.4 Å². The van der Waals surface area contributed by atoms with Gasteiger partial charge in [0, 0.05) is 30.6 Å². The molecule has 1 aliphatic rings. The second-order valence-electron chi connectivity index (χ2n) is 7.80. The number of carboxylic acid groups (broad SMARTS) is 1. The van der Waals surface area contributed by atoms with E-state index in [2.05, 4.69) is 33.8 Å². The first kappa shape index (κ1) is 27.0. The van der Waals surface area contributed by atoms with Crippen molar-refractivity contribution in [2.75, 3.05) is 11.9 Å². The molecule has 1 aromatic carbocycles. The minimum Gasteiger partial charge on any atom is -0.480 e. The van der Waals surface area contributed by atoms with Crippen LogP contribution < -0.4 is 27.8 Å². The Morgan fingerprint density at radius 2 is 1.83 bits per heavy atom. The number of allylic oxidation sites excluding steroid dienone is 1. The van der Waals surface area contributed by atoms with Crippen molar-refractivity contribution < 1.29 is 19.5 Å². The Morgan fingerprint density at radius 3 is 2.37 bits per heavy atom. The Labute approximate surface area is 203 Å². The highest BCUT2D eigenvalue weighted by atomic mass is 16.4. The number of nitrogens with two attached hydrogens (primary N) is 3. The monoisotopic (exact) mass is 481 g/mol. The van der Waals surface area contributed by atoms with Crippen LogP contribution in [-0.2, 0) is 20.8 Å². The number of amides is 2. The van der Waals surface area contributed by atoms with Crippen LogP contribution in [0.1, 0.15) is 24.8 Å². The molecule has 2 rings (SSSR count). The standard InChI is InChI=1S/C24H31N7O4/c1-3-16-17(4-2)30-21(20(16)25)22(33)31-18(23(34)35)13-14-8-10-15(11-9-14)29-19(32)7-5-6-12-28-24(26)27/h3-4,8-11,18,20H,1-2,5-7,12-13,25H2,(H,29,32)(H,31,33)(H,34,35)(H4,26,27,28). The predicted molar refractivity (Wildman–Crippen MR) is 136 cm³/mol. The molecule has 2 atom stereocenters. The van der Waals surface area contributed by atoms with Crippen LogP contribution in [0.5, 0.6) is 0 Å². The maximum Gasteiger partial charge on any atom is 0.326 e. The number of carbonyl (C=O) groups excluding carboxylic acids is 2. The molecule has 1 aromatic rings. The number of unbranched alkanes of at least 4 members (excludes halogenated alkanes) is 1. The molecule has 0 spiro atoms. The zero-order chi connectivity index (χ0) is 26.0. The van der Waals surface area contributed by atoms with E-state index in [1.807, 2.05) is 0 Å². The predicted octanol–water partition coefficient (Wildman–Crippen LogP) is 0.589. The number of rotatable bonds is 13. The van der Waals surface area contributed by atoms with Crippen molar-refractivity contribution in [1.29, 1.82) is 0 Å². The fourth-order valence-electron chi connectivity index (χ4n) is 3.38. The maximum atomic E-state index is 12.7. The summed E-state index contributed by atoms with van der Waals surface area (Å²) in [5.41, 5.74) is 18.8. The van der Waals surface area contributed by atoms with E-state index in [4.69, 9.17) is 17.2 Å². The van der Waals surface area contributed by atoms with Gasteiger partial charge in [-0.2, -0.15) is 0 Å². The van der Waals surface area contributed by atoms with Gasteiger partial charge in [-0.05, 0) is 36.6 Å². The number of hydrogen-bond acceptors (Lipinski definition) is 6. The number of nitrogens with zero attached hydrogens (tertiary/aromatic N) is 2. The molecule has 11 heteroatoms. The van der Waals surface area contributed by atoms with Crippen LogP contribution in [-0.4, -0.2) is 53.2 Å². The first-order valence-electron chi connectivity index (χ1n) is 11.0. The van der Waals surface area contributed by atoms with E-state index >= 15 is 0 Å². The average molecular weight is 482 g/mol. The second kappa shape index (κ2) is 12.8. The van der Waals surface area contributed by atoms with Crippen LogP contribution in [0.15, 0.2) is 70.8 Å². The van der Waals surface area contributed by atoms with Crippen molar-refractivity contribution in [2.24, 2.45) is 27.2 Å². The summed E-state index contributed by atoms with van der Waals surface area (Å²) < 4.78 is 0. The molecule has 0 aromatic heterocycles. The van der Waals surface area contributed by atoms with E-state index in [0.29, 0.717) is 48.3 Å². The molecule has 2 amide bonds. The number of guanidine groups is 1. The Kier molecular flexibility index (Phi) is 9.91. The third-order valence-electron chi connectivity index (χ3n) is 5.20. The molecule has 0 bridgehead atoms. The molecule has 9 N–H and O–H groups in total. The van der Waals surface area contributed by atoms with Crippen molar-refractivity contribution in [3.05, 3.63) is 66.4 Å². The zero-order valence-electron chi connectivity index (χ0n) is 19.4. The molecule has 2 unspecified atom stereocenters. The summed E-state index contributed by atoms with van der Waals surface area (Å²) in [6.45, 7) is 7.76. The molecule has 0 aliphatic carbocycles. The highest BCUT2D eigenvalue weighted by Crippen LogP contribution is 2.21. The Morgan fingerprint density at radius 1 is 1.14 bits per heavy atom. The maximum absolute atomic E-state index is 12.7. The van der Waals surface area contributed by atoms with Crippen LogP contribution in [0.2, 0.25) is 0 Å². The number of carboxylic acids is 1. The summed E-state index contributed by atoms with van der Waals surface area (Å²) in [6.07, 6.45) is 4.61. The largest absolute Gasteiger partial charge is 0.480 e. The molecule has 0 radical (unpaired) electrons. The summed E-state index contributed by atoms with van der Waals surface area (Å²) in [4.78, 5) is 44.5. The molecule has 0 saturated carbocycles. The fourth-order valence-corrected chi connectivity index (χ4v) is 3.38. The third kappa shape index (κ3) is 7.93. The van der Waals surface area contributed by atoms with Crippen LogP contribution in [0.4, 0.5) is 5.69 Å². The van der Waals surface area contributed by atoms with Crippen molar-refractivity contribution in [3.8, 4) is 0 Å². The van der Waals surface area contributed by atoms with Gasteiger partial charge in [0.05, 0.1) is 11.7 Å². The number of benzene rings is 1. The molecule has 0 saturated heterocycles. The van der Waals surface area contributed by atoms with Crippen LogP contribution in [0, 0.1) is 0 Å². The minimum atomic E-state index is -1.21. The van der Waals surface area contributed by atoms with Gasteiger partial charge in [-0.3, -0.25) is 14.6 Å². The van der Waals surface area contributed by atoms with Gasteiger partial charge in [0.1, 0.15) is 11.8 Å². The van der Waals surface area contributed by atoms with Gasteiger partial charge in [-0.15, -0.1) is 0 Å². The van der Waals surface area contributed by atoms with E-state index in [9.17, 15) is 19.5 Å². The van der Waals surface area contributed by atoms with Crippen molar-refractivity contribution in [2.45, 2.75) is 37.8 Å². The first-order valence-corrected chi connectivity index (χ1v) is 11.0. The van der Waals surface area contributed by atoms with E-state index in [1.54, 1.807) is 24.3 Å². The van der Waals surface area contributed by atoms with Gasteiger partial charge in [0.15, 0.2) is 5.96 Å². The van der Waals surface area contributed by atoms with Crippen LogP contribution in [0.25, 0.3) is 0 Å². The third-order valence-corrected chi connectivity index (χ3v) is 5.20. The minimum absolute atomic E-state index is 0.00240. The number of hydrogen-bond donors (Lipinski definition) is 6. The normalized spacial score (nSPS) is 15.6. The smallest absolute Gasteiger partial charge is 0.326 e. The first-order chi connectivity index (χ1) is 16.7. The second-order valence-corrected chi connectivity index (χ2v) is 7.80. The lowest BCUT2D eigenvalue weighted by Gasteiger charge is -2.17. The molecule has 35 heavy (non-hydrogen) atoms. The summed E-state index contributed by atoms with van der Waals surface area (Å²) in [6, 6.07) is 4.68. The van der Waals surface area contributed by atoms with Gasteiger partial charge < -0.3 is 32.9 Å². The Balaban J connectivity index is 1.92. The number of aliphatic carboxylic acids is 1. The highest BCUT2D eigenvalue weighted by molar-refractivity contribution is 6.43. The summed E-state index contributed by atoms with van der Waals surface area (Å²) >= 11 is 0. The van der Waals surface area contributed by atoms with Crippen molar-refractivity contribution in [1.82, 2.24) is 5.32 Å². The molecular formula is C24H31N7O4. The highest BCUT2D eigenvalue weighted by Gasteiger charge is 2.31. The van der Waals surface area contributed by atoms with Gasteiger partial charge in [-0.25, -0.2) is 9.79 Å². The van der Waals surface area contributed by atoms with Crippen LogP contribution >= 0.6 is 0 Å². The molecule has 186 valence electrons. The summed E-state index contributed by atoms with van der Waals surface area (Å²) in [5, 5.41) is 14.9. The van der Waals surface area contributed by atoms with E-state index in [1.165, 1.54) is 12.2 Å². The fraction of sp³-hybridized carbons (Fsp3) is 0.292. The molecule has 11 nitrogen and oxygen atoms in total.